The summed E-state index contributed by atoms with van der Waals surface area (Å²) in [4.78, 5) is 14.3. The van der Waals surface area contributed by atoms with E-state index in [9.17, 15) is 13.6 Å². The lowest BCUT2D eigenvalue weighted by molar-refractivity contribution is 0.0810. The standard InChI is InChI=1S/C16H23F2NO/c1-10(2)8-11(3)19(5)12(4)16(20)13-6-7-14(17)15(18)9-13/h6-7,9-12H,8H2,1-5H3. The molecule has 0 saturated heterocycles. The molecular formula is C16H23F2NO. The first-order valence-electron chi connectivity index (χ1n) is 6.95. The number of hydrogen-bond donors (Lipinski definition) is 0. The molecule has 2 unspecified atom stereocenters. The van der Waals surface area contributed by atoms with Crippen LogP contribution < -0.4 is 0 Å². The normalized spacial score (nSPS) is 14.7. The molecule has 20 heavy (non-hydrogen) atoms. The van der Waals surface area contributed by atoms with Crippen LogP contribution in [-0.2, 0) is 0 Å². The Hall–Kier alpha value is -1.29. The van der Waals surface area contributed by atoms with E-state index in [4.69, 9.17) is 0 Å². The Morgan fingerprint density at radius 2 is 1.75 bits per heavy atom. The zero-order chi connectivity index (χ0) is 15.4. The zero-order valence-electron chi connectivity index (χ0n) is 12.8. The van der Waals surface area contributed by atoms with Gasteiger partial charge in [-0.05, 0) is 51.4 Å². The molecule has 0 fully saturated rings. The third kappa shape index (κ3) is 4.10. The molecule has 0 amide bonds. The van der Waals surface area contributed by atoms with Crippen LogP contribution in [0, 0.1) is 17.6 Å². The molecule has 112 valence electrons. The van der Waals surface area contributed by atoms with Crippen LogP contribution in [-0.4, -0.2) is 29.8 Å². The van der Waals surface area contributed by atoms with Crippen LogP contribution in [0.3, 0.4) is 0 Å². The van der Waals surface area contributed by atoms with Gasteiger partial charge in [-0.2, -0.15) is 0 Å². The summed E-state index contributed by atoms with van der Waals surface area (Å²) in [5, 5.41) is 0. The largest absolute Gasteiger partial charge is 0.294 e. The van der Waals surface area contributed by atoms with E-state index in [1.54, 1.807) is 6.92 Å². The highest BCUT2D eigenvalue weighted by molar-refractivity contribution is 5.99. The first-order valence-corrected chi connectivity index (χ1v) is 6.95. The van der Waals surface area contributed by atoms with Gasteiger partial charge in [0.2, 0.25) is 0 Å². The van der Waals surface area contributed by atoms with Gasteiger partial charge in [-0.15, -0.1) is 0 Å². The molecule has 1 rings (SSSR count). The molecule has 1 aromatic rings. The van der Waals surface area contributed by atoms with Crippen LogP contribution in [0.5, 0.6) is 0 Å². The molecule has 0 aliphatic heterocycles. The van der Waals surface area contributed by atoms with Gasteiger partial charge in [0.25, 0.3) is 0 Å². The number of Topliss-reactive ketones (excluding diaryl/α,β-unsaturated/α-hetero) is 1. The van der Waals surface area contributed by atoms with E-state index in [-0.39, 0.29) is 23.4 Å². The minimum Gasteiger partial charge on any atom is -0.294 e. The molecular weight excluding hydrogens is 260 g/mol. The molecule has 4 heteroatoms. The molecule has 0 saturated carbocycles. The lowest BCUT2D eigenvalue weighted by Gasteiger charge is -2.31. The van der Waals surface area contributed by atoms with Crippen molar-refractivity contribution >= 4 is 5.78 Å². The van der Waals surface area contributed by atoms with E-state index in [1.807, 2.05) is 11.9 Å². The van der Waals surface area contributed by atoms with Crippen LogP contribution in [0.15, 0.2) is 18.2 Å². The second kappa shape index (κ2) is 6.93. The second-order valence-electron chi connectivity index (χ2n) is 5.81. The van der Waals surface area contributed by atoms with Crippen LogP contribution >= 0.6 is 0 Å². The summed E-state index contributed by atoms with van der Waals surface area (Å²) in [6, 6.07) is 3.17. The molecule has 0 spiro atoms. The van der Waals surface area contributed by atoms with Gasteiger partial charge in [0.05, 0.1) is 6.04 Å². The first kappa shape index (κ1) is 16.8. The van der Waals surface area contributed by atoms with Crippen molar-refractivity contribution in [1.29, 1.82) is 0 Å². The fraction of sp³-hybridized carbons (Fsp3) is 0.562. The van der Waals surface area contributed by atoms with Crippen molar-refractivity contribution in [2.24, 2.45) is 5.92 Å². The Bertz CT molecular complexity index is 474. The SMILES string of the molecule is CC(C)CC(C)N(C)C(C)C(=O)c1ccc(F)c(F)c1. The fourth-order valence-electron chi connectivity index (χ4n) is 2.31. The zero-order valence-corrected chi connectivity index (χ0v) is 12.8. The minimum absolute atomic E-state index is 0.193. The van der Waals surface area contributed by atoms with Crippen molar-refractivity contribution in [2.75, 3.05) is 7.05 Å². The predicted octanol–water partition coefficient (Wildman–Crippen LogP) is 3.90. The first-order chi connectivity index (χ1) is 9.23. The Labute approximate surface area is 119 Å². The van der Waals surface area contributed by atoms with Gasteiger partial charge in [-0.3, -0.25) is 9.69 Å². The Morgan fingerprint density at radius 1 is 1.15 bits per heavy atom. The second-order valence-corrected chi connectivity index (χ2v) is 5.81. The third-order valence-electron chi connectivity index (χ3n) is 3.70. The molecule has 0 bridgehead atoms. The van der Waals surface area contributed by atoms with Gasteiger partial charge in [0.15, 0.2) is 17.4 Å². The highest BCUT2D eigenvalue weighted by Crippen LogP contribution is 2.16. The van der Waals surface area contributed by atoms with Gasteiger partial charge in [-0.25, -0.2) is 8.78 Å². The lowest BCUT2D eigenvalue weighted by Crippen LogP contribution is -2.42. The molecule has 0 radical (unpaired) electrons. The molecule has 1 aromatic carbocycles. The minimum atomic E-state index is -0.985. The van der Waals surface area contributed by atoms with Crippen LogP contribution in [0.2, 0.25) is 0 Å². The Morgan fingerprint density at radius 3 is 2.25 bits per heavy atom. The van der Waals surface area contributed by atoms with Crippen molar-refractivity contribution < 1.29 is 13.6 Å². The summed E-state index contributed by atoms with van der Waals surface area (Å²) in [7, 11) is 1.88. The highest BCUT2D eigenvalue weighted by atomic mass is 19.2. The molecule has 0 heterocycles. The van der Waals surface area contributed by atoms with Crippen molar-refractivity contribution in [3.63, 3.8) is 0 Å². The third-order valence-corrected chi connectivity index (χ3v) is 3.70. The lowest BCUT2D eigenvalue weighted by atomic mass is 9.99. The average molecular weight is 283 g/mol. The smallest absolute Gasteiger partial charge is 0.179 e. The summed E-state index contributed by atoms with van der Waals surface area (Å²) in [5.74, 6) is -1.57. The van der Waals surface area contributed by atoms with Crippen molar-refractivity contribution in [2.45, 2.75) is 46.2 Å². The van der Waals surface area contributed by atoms with E-state index in [1.165, 1.54) is 6.07 Å². The summed E-state index contributed by atoms with van der Waals surface area (Å²) >= 11 is 0. The van der Waals surface area contributed by atoms with E-state index < -0.39 is 11.6 Å². The van der Waals surface area contributed by atoms with Gasteiger partial charge in [0, 0.05) is 11.6 Å². The quantitative estimate of drug-likeness (QED) is 0.738. The number of ketones is 1. The summed E-state index contributed by atoms with van der Waals surface area (Å²) < 4.78 is 26.1. The molecule has 0 aromatic heterocycles. The number of benzene rings is 1. The van der Waals surface area contributed by atoms with E-state index in [0.29, 0.717) is 5.92 Å². The number of carbonyl (C=O) groups excluding carboxylic acids is 1. The fourth-order valence-corrected chi connectivity index (χ4v) is 2.31. The topological polar surface area (TPSA) is 20.3 Å². The maximum Gasteiger partial charge on any atom is 0.179 e. The number of carbonyl (C=O) groups is 1. The maximum absolute atomic E-state index is 13.2. The summed E-state index contributed by atoms with van der Waals surface area (Å²) in [6.07, 6.45) is 0.978. The average Bonchev–Trinajstić information content (AvgIpc) is 2.38. The van der Waals surface area contributed by atoms with E-state index in [2.05, 4.69) is 20.8 Å². The number of rotatable bonds is 6. The van der Waals surface area contributed by atoms with Crippen LogP contribution in [0.25, 0.3) is 0 Å². The van der Waals surface area contributed by atoms with E-state index >= 15 is 0 Å². The highest BCUT2D eigenvalue weighted by Gasteiger charge is 2.24. The Kier molecular flexibility index (Phi) is 5.81. The summed E-state index contributed by atoms with van der Waals surface area (Å²) in [5.41, 5.74) is 0.208. The van der Waals surface area contributed by atoms with Gasteiger partial charge >= 0.3 is 0 Å². The number of hydrogen-bond acceptors (Lipinski definition) is 2. The van der Waals surface area contributed by atoms with Crippen molar-refractivity contribution in [3.05, 3.63) is 35.4 Å². The monoisotopic (exact) mass is 283 g/mol. The van der Waals surface area contributed by atoms with Crippen LogP contribution in [0.4, 0.5) is 8.78 Å². The Balaban J connectivity index is 2.82. The summed E-state index contributed by atoms with van der Waals surface area (Å²) in [6.45, 7) is 8.12. The molecule has 0 aliphatic carbocycles. The van der Waals surface area contributed by atoms with Gasteiger partial charge in [-0.1, -0.05) is 13.8 Å². The van der Waals surface area contributed by atoms with Crippen molar-refractivity contribution in [1.82, 2.24) is 4.90 Å². The number of likely N-dealkylation sites (N-methyl/N-ethyl adjacent to an activating group) is 1. The molecule has 0 aliphatic rings. The predicted molar refractivity (Wildman–Crippen MR) is 76.8 cm³/mol. The maximum atomic E-state index is 13.2. The molecule has 0 N–H and O–H groups in total. The molecule has 2 nitrogen and oxygen atoms in total. The number of halogens is 2. The van der Waals surface area contributed by atoms with E-state index in [0.717, 1.165) is 18.6 Å². The van der Waals surface area contributed by atoms with Crippen LogP contribution in [0.1, 0.15) is 44.5 Å². The van der Waals surface area contributed by atoms with Gasteiger partial charge < -0.3 is 0 Å². The van der Waals surface area contributed by atoms with Crippen molar-refractivity contribution in [3.8, 4) is 0 Å². The molecule has 2 atom stereocenters. The van der Waals surface area contributed by atoms with Gasteiger partial charge in [0.1, 0.15) is 0 Å². The number of nitrogens with zero attached hydrogens (tertiary/aromatic N) is 1.